The lowest BCUT2D eigenvalue weighted by molar-refractivity contribution is 0.0102. The monoisotopic (exact) mass is 143 g/mol. The number of aliphatic hydroxyl groups is 1. The van der Waals surface area contributed by atoms with Gasteiger partial charge in [0, 0.05) is 12.6 Å². The Morgan fingerprint density at radius 2 is 2.00 bits per heavy atom. The second-order valence-electron chi connectivity index (χ2n) is 3.44. The molecule has 0 bridgehead atoms. The summed E-state index contributed by atoms with van der Waals surface area (Å²) in [4.78, 5) is 2.30. The maximum atomic E-state index is 9.44. The molecule has 1 rings (SSSR count). The van der Waals surface area contributed by atoms with Gasteiger partial charge in [0.1, 0.15) is 0 Å². The standard InChI is InChI=1S/C8H17NO/c1-6-7(2)9(3)5-4-8(6)10/h6-8,10H,4-5H2,1-3H3/t6-,7+,8-/m0/s1. The molecular formula is C8H17NO. The van der Waals surface area contributed by atoms with Crippen molar-refractivity contribution in [2.24, 2.45) is 5.92 Å². The highest BCUT2D eigenvalue weighted by Crippen LogP contribution is 2.21. The SMILES string of the molecule is C[C@H]1[C@@H](C)N(C)CC[C@@H]1O. The largest absolute Gasteiger partial charge is 0.393 e. The van der Waals surface area contributed by atoms with Crippen LogP contribution in [0.5, 0.6) is 0 Å². The third kappa shape index (κ3) is 1.32. The second kappa shape index (κ2) is 2.89. The summed E-state index contributed by atoms with van der Waals surface area (Å²) in [7, 11) is 2.12. The summed E-state index contributed by atoms with van der Waals surface area (Å²) in [5.74, 6) is 0.429. The number of rotatable bonds is 0. The van der Waals surface area contributed by atoms with Gasteiger partial charge in [-0.05, 0) is 26.3 Å². The van der Waals surface area contributed by atoms with E-state index in [0.29, 0.717) is 12.0 Å². The summed E-state index contributed by atoms with van der Waals surface area (Å²) in [6.07, 6.45) is 0.855. The maximum absolute atomic E-state index is 9.44. The van der Waals surface area contributed by atoms with Crippen molar-refractivity contribution in [3.05, 3.63) is 0 Å². The molecule has 0 aromatic carbocycles. The van der Waals surface area contributed by atoms with Crippen molar-refractivity contribution < 1.29 is 5.11 Å². The molecule has 0 aromatic heterocycles. The highest BCUT2D eigenvalue weighted by atomic mass is 16.3. The van der Waals surface area contributed by atoms with E-state index in [1.807, 2.05) is 0 Å². The summed E-state index contributed by atoms with van der Waals surface area (Å²) < 4.78 is 0. The molecule has 0 amide bonds. The summed E-state index contributed by atoms with van der Waals surface area (Å²) in [5.41, 5.74) is 0. The molecule has 1 aliphatic heterocycles. The summed E-state index contributed by atoms with van der Waals surface area (Å²) >= 11 is 0. The average molecular weight is 143 g/mol. The van der Waals surface area contributed by atoms with E-state index >= 15 is 0 Å². The van der Waals surface area contributed by atoms with E-state index in [1.165, 1.54) is 0 Å². The van der Waals surface area contributed by atoms with Crippen LogP contribution < -0.4 is 0 Å². The van der Waals surface area contributed by atoms with E-state index in [0.717, 1.165) is 13.0 Å². The van der Waals surface area contributed by atoms with Gasteiger partial charge in [-0.1, -0.05) is 6.92 Å². The molecular weight excluding hydrogens is 126 g/mol. The Hall–Kier alpha value is -0.0800. The van der Waals surface area contributed by atoms with Crippen molar-refractivity contribution >= 4 is 0 Å². The van der Waals surface area contributed by atoms with Crippen LogP contribution in [0.15, 0.2) is 0 Å². The van der Waals surface area contributed by atoms with E-state index in [4.69, 9.17) is 0 Å². The Bertz CT molecular complexity index is 102. The van der Waals surface area contributed by atoms with Crippen molar-refractivity contribution in [2.75, 3.05) is 13.6 Å². The van der Waals surface area contributed by atoms with Gasteiger partial charge in [-0.2, -0.15) is 0 Å². The molecule has 0 saturated carbocycles. The van der Waals surface area contributed by atoms with E-state index in [2.05, 4.69) is 25.8 Å². The molecule has 0 unspecified atom stereocenters. The number of piperidine rings is 1. The molecule has 3 atom stereocenters. The van der Waals surface area contributed by atoms with Gasteiger partial charge in [0.15, 0.2) is 0 Å². The van der Waals surface area contributed by atoms with Crippen LogP contribution in [0.1, 0.15) is 20.3 Å². The van der Waals surface area contributed by atoms with Crippen LogP contribution in [-0.2, 0) is 0 Å². The molecule has 1 N–H and O–H groups in total. The Labute approximate surface area is 62.8 Å². The zero-order chi connectivity index (χ0) is 7.72. The molecule has 2 nitrogen and oxygen atoms in total. The molecule has 1 aliphatic rings. The lowest BCUT2D eigenvalue weighted by atomic mass is 9.90. The lowest BCUT2D eigenvalue weighted by Gasteiger charge is -2.38. The second-order valence-corrected chi connectivity index (χ2v) is 3.44. The van der Waals surface area contributed by atoms with Crippen LogP contribution in [0.4, 0.5) is 0 Å². The smallest absolute Gasteiger partial charge is 0.0592 e. The molecule has 1 heterocycles. The molecule has 1 saturated heterocycles. The lowest BCUT2D eigenvalue weighted by Crippen LogP contribution is -2.46. The number of hydrogen-bond donors (Lipinski definition) is 1. The van der Waals surface area contributed by atoms with Gasteiger partial charge in [-0.25, -0.2) is 0 Å². The number of aliphatic hydroxyl groups excluding tert-OH is 1. The highest BCUT2D eigenvalue weighted by Gasteiger charge is 2.28. The zero-order valence-corrected chi connectivity index (χ0v) is 7.04. The molecule has 0 radical (unpaired) electrons. The summed E-state index contributed by atoms with van der Waals surface area (Å²) in [5, 5.41) is 9.44. The van der Waals surface area contributed by atoms with Crippen molar-refractivity contribution in [1.82, 2.24) is 4.90 Å². The Morgan fingerprint density at radius 3 is 2.50 bits per heavy atom. The van der Waals surface area contributed by atoms with Crippen LogP contribution in [0.3, 0.4) is 0 Å². The van der Waals surface area contributed by atoms with Crippen LogP contribution in [0.25, 0.3) is 0 Å². The third-order valence-electron chi connectivity index (χ3n) is 2.84. The van der Waals surface area contributed by atoms with Crippen molar-refractivity contribution in [3.63, 3.8) is 0 Å². The Morgan fingerprint density at radius 1 is 1.40 bits per heavy atom. The summed E-state index contributed by atoms with van der Waals surface area (Å²) in [6.45, 7) is 5.32. The van der Waals surface area contributed by atoms with E-state index in [9.17, 15) is 5.11 Å². The fourth-order valence-electron chi connectivity index (χ4n) is 1.53. The molecule has 0 aromatic rings. The van der Waals surface area contributed by atoms with Gasteiger partial charge in [0.05, 0.1) is 6.10 Å². The van der Waals surface area contributed by atoms with Gasteiger partial charge in [-0.3, -0.25) is 0 Å². The van der Waals surface area contributed by atoms with E-state index in [1.54, 1.807) is 0 Å². The topological polar surface area (TPSA) is 23.5 Å². The number of likely N-dealkylation sites (tertiary alicyclic amines) is 1. The first-order chi connectivity index (χ1) is 4.63. The molecule has 10 heavy (non-hydrogen) atoms. The van der Waals surface area contributed by atoms with Crippen LogP contribution in [-0.4, -0.2) is 35.7 Å². The first kappa shape index (κ1) is 8.02. The van der Waals surface area contributed by atoms with Crippen molar-refractivity contribution in [1.29, 1.82) is 0 Å². The van der Waals surface area contributed by atoms with Gasteiger partial charge in [0.25, 0.3) is 0 Å². The van der Waals surface area contributed by atoms with E-state index < -0.39 is 0 Å². The predicted octanol–water partition coefficient (Wildman–Crippen LogP) is 0.707. The fraction of sp³-hybridized carbons (Fsp3) is 1.00. The van der Waals surface area contributed by atoms with Crippen molar-refractivity contribution in [3.8, 4) is 0 Å². The third-order valence-corrected chi connectivity index (χ3v) is 2.84. The predicted molar refractivity (Wildman–Crippen MR) is 41.9 cm³/mol. The molecule has 1 fully saturated rings. The minimum atomic E-state index is -0.0776. The minimum Gasteiger partial charge on any atom is -0.393 e. The maximum Gasteiger partial charge on any atom is 0.0592 e. The van der Waals surface area contributed by atoms with E-state index in [-0.39, 0.29) is 6.10 Å². The first-order valence-electron chi connectivity index (χ1n) is 4.01. The highest BCUT2D eigenvalue weighted by molar-refractivity contribution is 4.82. The van der Waals surface area contributed by atoms with Gasteiger partial charge >= 0.3 is 0 Å². The van der Waals surface area contributed by atoms with Gasteiger partial charge < -0.3 is 10.0 Å². The quantitative estimate of drug-likeness (QED) is 0.540. The van der Waals surface area contributed by atoms with Gasteiger partial charge in [0.2, 0.25) is 0 Å². The molecule has 60 valence electrons. The van der Waals surface area contributed by atoms with Crippen molar-refractivity contribution in [2.45, 2.75) is 32.4 Å². The minimum absolute atomic E-state index is 0.0776. The average Bonchev–Trinajstić information content (AvgIpc) is 1.93. The van der Waals surface area contributed by atoms with Crippen LogP contribution in [0.2, 0.25) is 0 Å². The Kier molecular flexibility index (Phi) is 2.32. The number of hydrogen-bond acceptors (Lipinski definition) is 2. The normalized spacial score (nSPS) is 43.8. The molecule has 0 spiro atoms. The van der Waals surface area contributed by atoms with Crippen LogP contribution >= 0.6 is 0 Å². The molecule has 2 heteroatoms. The zero-order valence-electron chi connectivity index (χ0n) is 7.04. The Balaban J connectivity index is 2.52. The number of nitrogens with zero attached hydrogens (tertiary/aromatic N) is 1. The first-order valence-corrected chi connectivity index (χ1v) is 4.01. The summed E-state index contributed by atoms with van der Waals surface area (Å²) in [6, 6.07) is 0.531. The van der Waals surface area contributed by atoms with Crippen LogP contribution in [0, 0.1) is 5.92 Å². The fourth-order valence-corrected chi connectivity index (χ4v) is 1.53. The molecule has 0 aliphatic carbocycles. The van der Waals surface area contributed by atoms with Gasteiger partial charge in [-0.15, -0.1) is 0 Å².